The number of para-hydroxylation sites is 1. The molecule has 23 heavy (non-hydrogen) atoms. The fraction of sp³-hybridized carbons (Fsp3) is 0.611. The monoisotopic (exact) mass is 433 g/mol. The molecule has 0 aliphatic carbocycles. The van der Waals surface area contributed by atoms with Gasteiger partial charge in [-0.15, -0.1) is 24.0 Å². The van der Waals surface area contributed by atoms with E-state index < -0.39 is 0 Å². The average molecular weight is 433 g/mol. The minimum absolute atomic E-state index is 0. The van der Waals surface area contributed by atoms with Crippen LogP contribution in [0.5, 0.6) is 0 Å². The lowest BCUT2D eigenvalue weighted by Gasteiger charge is -2.27. The summed E-state index contributed by atoms with van der Waals surface area (Å²) in [5, 5.41) is 12.9. The first-order valence-corrected chi connectivity index (χ1v) is 8.34. The highest BCUT2D eigenvalue weighted by Gasteiger charge is 2.24. The van der Waals surface area contributed by atoms with Crippen LogP contribution in [0.25, 0.3) is 0 Å². The molecule has 1 rings (SSSR count). The van der Waals surface area contributed by atoms with E-state index in [2.05, 4.69) is 56.2 Å². The summed E-state index contributed by atoms with van der Waals surface area (Å²) in [5.74, 6) is 0.426. The molecule has 0 spiro atoms. The van der Waals surface area contributed by atoms with E-state index in [4.69, 9.17) is 5.73 Å². The van der Waals surface area contributed by atoms with Crippen LogP contribution >= 0.6 is 24.0 Å². The molecule has 0 amide bonds. The van der Waals surface area contributed by atoms with Gasteiger partial charge in [0.25, 0.3) is 0 Å². The second kappa shape index (κ2) is 10.9. The zero-order chi connectivity index (χ0) is 16.6. The molecule has 0 radical (unpaired) electrons. The zero-order valence-corrected chi connectivity index (χ0v) is 17.2. The molecular weight excluding hydrogens is 401 g/mol. The third-order valence-corrected chi connectivity index (χ3v) is 4.67. The summed E-state index contributed by atoms with van der Waals surface area (Å²) in [6.45, 7) is 9.13. The van der Waals surface area contributed by atoms with Crippen LogP contribution in [0.1, 0.15) is 51.7 Å². The van der Waals surface area contributed by atoms with Crippen molar-refractivity contribution in [1.29, 1.82) is 0 Å². The van der Waals surface area contributed by atoms with Crippen molar-refractivity contribution in [3.05, 3.63) is 29.3 Å². The van der Waals surface area contributed by atoms with Gasteiger partial charge < -0.3 is 16.2 Å². The summed E-state index contributed by atoms with van der Waals surface area (Å²) in [6, 6.07) is 6.32. The van der Waals surface area contributed by atoms with Crippen molar-refractivity contribution in [1.82, 2.24) is 0 Å². The predicted molar refractivity (Wildman–Crippen MR) is 111 cm³/mol. The highest BCUT2D eigenvalue weighted by Crippen LogP contribution is 2.26. The number of hydrogen-bond donors (Lipinski definition) is 3. The largest absolute Gasteiger partial charge is 0.396 e. The van der Waals surface area contributed by atoms with E-state index in [0.29, 0.717) is 12.5 Å². The van der Waals surface area contributed by atoms with Crippen LogP contribution in [-0.4, -0.2) is 24.2 Å². The molecule has 0 aliphatic rings. The fourth-order valence-corrected chi connectivity index (χ4v) is 2.57. The molecule has 0 aliphatic heterocycles. The Morgan fingerprint density at radius 3 is 2.04 bits per heavy atom. The van der Waals surface area contributed by atoms with Crippen molar-refractivity contribution in [2.24, 2.45) is 16.1 Å². The summed E-state index contributed by atoms with van der Waals surface area (Å²) in [7, 11) is 0. The van der Waals surface area contributed by atoms with E-state index >= 15 is 0 Å². The number of nitrogens with two attached hydrogens (primary N) is 1. The lowest BCUT2D eigenvalue weighted by Crippen LogP contribution is -2.31. The number of nitrogens with zero attached hydrogens (tertiary/aromatic N) is 1. The number of anilines is 1. The molecule has 1 aromatic carbocycles. The second-order valence-corrected chi connectivity index (χ2v) is 5.85. The van der Waals surface area contributed by atoms with E-state index in [0.717, 1.165) is 31.4 Å². The molecule has 1 aromatic rings. The highest BCUT2D eigenvalue weighted by molar-refractivity contribution is 14.0. The van der Waals surface area contributed by atoms with Crippen LogP contribution in [0, 0.1) is 5.41 Å². The highest BCUT2D eigenvalue weighted by atomic mass is 127. The summed E-state index contributed by atoms with van der Waals surface area (Å²) >= 11 is 0. The normalized spacial score (nSPS) is 12.0. The Morgan fingerprint density at radius 2 is 1.65 bits per heavy atom. The van der Waals surface area contributed by atoms with Gasteiger partial charge in [0.15, 0.2) is 5.96 Å². The average Bonchev–Trinajstić information content (AvgIpc) is 2.56. The molecule has 132 valence electrons. The van der Waals surface area contributed by atoms with Gasteiger partial charge in [-0.1, -0.05) is 45.9 Å². The molecule has 0 heterocycles. The summed E-state index contributed by atoms with van der Waals surface area (Å²) in [4.78, 5) is 4.48. The molecule has 4 nitrogen and oxygen atoms in total. The molecular formula is C18H32IN3O. The second-order valence-electron chi connectivity index (χ2n) is 5.85. The molecule has 0 unspecified atom stereocenters. The Labute approximate surface area is 158 Å². The van der Waals surface area contributed by atoms with Gasteiger partial charge >= 0.3 is 0 Å². The van der Waals surface area contributed by atoms with Gasteiger partial charge in [0.2, 0.25) is 0 Å². The number of benzene rings is 1. The van der Waals surface area contributed by atoms with Crippen molar-refractivity contribution in [2.75, 3.05) is 18.5 Å². The van der Waals surface area contributed by atoms with E-state index in [1.54, 1.807) is 0 Å². The first kappa shape index (κ1) is 22.2. The van der Waals surface area contributed by atoms with Crippen molar-refractivity contribution in [3.8, 4) is 0 Å². The van der Waals surface area contributed by atoms with Crippen molar-refractivity contribution in [2.45, 2.75) is 53.4 Å². The number of aliphatic hydroxyl groups is 1. The van der Waals surface area contributed by atoms with E-state index in [9.17, 15) is 5.11 Å². The molecule has 0 fully saturated rings. The quantitative estimate of drug-likeness (QED) is 0.330. The number of aliphatic hydroxyl groups excluding tert-OH is 1. The number of hydrogen-bond acceptors (Lipinski definition) is 2. The lowest BCUT2D eigenvalue weighted by molar-refractivity contribution is 0.123. The SMILES string of the molecule is CCc1cccc(CC)c1NC(N)=NCC(CC)(CC)CO.I. The van der Waals surface area contributed by atoms with Gasteiger partial charge in [0.05, 0.1) is 13.2 Å². The van der Waals surface area contributed by atoms with Gasteiger partial charge in [-0.2, -0.15) is 0 Å². The number of rotatable bonds is 8. The third-order valence-electron chi connectivity index (χ3n) is 4.67. The van der Waals surface area contributed by atoms with Gasteiger partial charge in [-0.25, -0.2) is 0 Å². The maximum absolute atomic E-state index is 9.61. The first-order chi connectivity index (χ1) is 10.6. The summed E-state index contributed by atoms with van der Waals surface area (Å²) in [6.07, 6.45) is 3.69. The van der Waals surface area contributed by atoms with Crippen molar-refractivity contribution < 1.29 is 5.11 Å². The van der Waals surface area contributed by atoms with Gasteiger partial charge in [0, 0.05) is 11.1 Å². The van der Waals surface area contributed by atoms with Crippen LogP contribution in [0.3, 0.4) is 0 Å². The van der Waals surface area contributed by atoms with Crippen molar-refractivity contribution in [3.63, 3.8) is 0 Å². The fourth-order valence-electron chi connectivity index (χ4n) is 2.57. The molecule has 5 heteroatoms. The number of aryl methyl sites for hydroxylation is 2. The first-order valence-electron chi connectivity index (χ1n) is 8.34. The molecule has 0 atom stereocenters. The Bertz CT molecular complexity index is 469. The Balaban J connectivity index is 0.00000484. The maximum atomic E-state index is 9.61. The van der Waals surface area contributed by atoms with Crippen LogP contribution in [0.2, 0.25) is 0 Å². The molecule has 0 saturated heterocycles. The Kier molecular flexibility index (Phi) is 10.5. The number of aliphatic imine (C=N–C) groups is 1. The summed E-state index contributed by atoms with van der Waals surface area (Å²) < 4.78 is 0. The van der Waals surface area contributed by atoms with Crippen LogP contribution in [-0.2, 0) is 12.8 Å². The Morgan fingerprint density at radius 1 is 1.13 bits per heavy atom. The smallest absolute Gasteiger partial charge is 0.193 e. The van der Waals surface area contributed by atoms with Gasteiger partial charge in [0.1, 0.15) is 0 Å². The van der Waals surface area contributed by atoms with Gasteiger partial charge in [-0.05, 0) is 36.8 Å². The number of nitrogens with one attached hydrogen (secondary N) is 1. The van der Waals surface area contributed by atoms with E-state index in [1.165, 1.54) is 11.1 Å². The predicted octanol–water partition coefficient (Wildman–Crippen LogP) is 3.95. The van der Waals surface area contributed by atoms with Crippen LogP contribution in [0.4, 0.5) is 5.69 Å². The minimum atomic E-state index is -0.163. The Hall–Kier alpha value is -0.820. The van der Waals surface area contributed by atoms with E-state index in [1.807, 2.05) is 0 Å². The molecule has 4 N–H and O–H groups in total. The maximum Gasteiger partial charge on any atom is 0.193 e. The minimum Gasteiger partial charge on any atom is -0.396 e. The van der Waals surface area contributed by atoms with E-state index in [-0.39, 0.29) is 36.0 Å². The molecule has 0 saturated carbocycles. The number of guanidine groups is 1. The van der Waals surface area contributed by atoms with Crippen LogP contribution in [0.15, 0.2) is 23.2 Å². The van der Waals surface area contributed by atoms with Gasteiger partial charge in [-0.3, -0.25) is 4.99 Å². The summed E-state index contributed by atoms with van der Waals surface area (Å²) in [5.41, 5.74) is 9.49. The van der Waals surface area contributed by atoms with Crippen LogP contribution < -0.4 is 11.1 Å². The zero-order valence-electron chi connectivity index (χ0n) is 14.9. The topological polar surface area (TPSA) is 70.6 Å². The standard InChI is InChI=1S/C18H31N3O.HI/c1-5-14-10-9-11-15(6-2)16(14)21-17(19)20-12-18(7-3,8-4)13-22;/h9-11,22H,5-8,12-13H2,1-4H3,(H3,19,20,21);1H. The third kappa shape index (κ3) is 5.95. The van der Waals surface area contributed by atoms with Crippen molar-refractivity contribution >= 4 is 35.6 Å². The molecule has 0 bridgehead atoms. The molecule has 0 aromatic heterocycles. The number of halogens is 1. The lowest BCUT2D eigenvalue weighted by atomic mass is 9.83.